The van der Waals surface area contributed by atoms with E-state index in [2.05, 4.69) is 18.3 Å². The van der Waals surface area contributed by atoms with E-state index in [0.717, 1.165) is 33.8 Å². The van der Waals surface area contributed by atoms with Crippen LogP contribution in [0.2, 0.25) is 0 Å². The molecule has 2 heterocycles. The number of halogens is 1. The van der Waals surface area contributed by atoms with E-state index in [1.165, 1.54) is 49.1 Å². The highest BCUT2D eigenvalue weighted by Crippen LogP contribution is 2.35. The van der Waals surface area contributed by atoms with Gasteiger partial charge in [0.25, 0.3) is 0 Å². The lowest BCUT2D eigenvalue weighted by Crippen LogP contribution is -2.11. The average molecular weight is 432 g/mol. The van der Waals surface area contributed by atoms with Crippen molar-refractivity contribution in [3.8, 4) is 0 Å². The van der Waals surface area contributed by atoms with Gasteiger partial charge in [0.05, 0.1) is 5.39 Å². The second kappa shape index (κ2) is 10.3. The molecule has 3 aromatic rings. The van der Waals surface area contributed by atoms with Crippen molar-refractivity contribution in [3.05, 3.63) is 52.4 Å². The number of anilines is 1. The highest BCUT2D eigenvalue weighted by atomic mass is 32.1. The summed E-state index contributed by atoms with van der Waals surface area (Å²) in [6, 6.07) is 8.83. The van der Waals surface area contributed by atoms with Crippen molar-refractivity contribution in [1.29, 1.82) is 0 Å². The van der Waals surface area contributed by atoms with Crippen molar-refractivity contribution in [2.24, 2.45) is 0 Å². The predicted octanol–water partition coefficient (Wildman–Crippen LogP) is 6.28. The van der Waals surface area contributed by atoms with Crippen LogP contribution in [0.25, 0.3) is 10.2 Å². The fourth-order valence-corrected chi connectivity index (χ4v) is 4.60. The van der Waals surface area contributed by atoms with Gasteiger partial charge < -0.3 is 15.5 Å². The molecule has 30 heavy (non-hydrogen) atoms. The van der Waals surface area contributed by atoms with E-state index in [0.29, 0.717) is 12.5 Å². The van der Waals surface area contributed by atoms with E-state index >= 15 is 0 Å². The third-order valence-electron chi connectivity index (χ3n) is 5.15. The topological polar surface area (TPSA) is 95.3 Å². The lowest BCUT2D eigenvalue weighted by atomic mass is 9.88. The molecule has 3 N–H and O–H groups in total. The molecule has 0 amide bonds. The first-order valence-electron chi connectivity index (χ1n) is 10.2. The third-order valence-corrected chi connectivity index (χ3v) is 6.33. The van der Waals surface area contributed by atoms with Crippen LogP contribution in [-0.2, 0) is 13.0 Å². The molecule has 6 nitrogen and oxygen atoms in total. The molecule has 8 heteroatoms. The number of hydrogen-bond acceptors (Lipinski definition) is 5. The van der Waals surface area contributed by atoms with Crippen LogP contribution in [0, 0.1) is 5.82 Å². The molecular formula is C22H26FN3O3S. The van der Waals surface area contributed by atoms with Gasteiger partial charge in [-0.15, -0.1) is 11.3 Å². The van der Waals surface area contributed by atoms with Crippen LogP contribution in [-0.4, -0.2) is 26.3 Å². The number of benzene rings is 1. The maximum atomic E-state index is 13.1. The van der Waals surface area contributed by atoms with Crippen LogP contribution >= 0.6 is 11.3 Å². The van der Waals surface area contributed by atoms with Crippen molar-refractivity contribution in [2.45, 2.75) is 57.9 Å². The minimum Gasteiger partial charge on any atom is -0.450 e. The zero-order valence-corrected chi connectivity index (χ0v) is 17.7. The summed E-state index contributed by atoms with van der Waals surface area (Å²) in [5.74, 6) is 2.18. The number of aryl methyl sites for hydroxylation is 1. The fourth-order valence-electron chi connectivity index (χ4n) is 3.63. The van der Waals surface area contributed by atoms with Gasteiger partial charge in [-0.1, -0.05) is 38.3 Å². The predicted molar refractivity (Wildman–Crippen MR) is 117 cm³/mol. The largest absolute Gasteiger partial charge is 0.503 e. The van der Waals surface area contributed by atoms with Crippen molar-refractivity contribution in [2.75, 3.05) is 5.32 Å². The van der Waals surface area contributed by atoms with Crippen LogP contribution < -0.4 is 5.32 Å². The number of thiophene rings is 1. The summed E-state index contributed by atoms with van der Waals surface area (Å²) < 4.78 is 13.1. The summed E-state index contributed by atoms with van der Waals surface area (Å²) in [5, 5.41) is 18.5. The lowest BCUT2D eigenvalue weighted by Gasteiger charge is -2.21. The van der Waals surface area contributed by atoms with Gasteiger partial charge >= 0.3 is 6.16 Å². The smallest absolute Gasteiger partial charge is 0.450 e. The van der Waals surface area contributed by atoms with E-state index < -0.39 is 6.16 Å². The molecule has 1 aliphatic rings. The number of carboxylic acid groups (broad SMARTS) is 2. The Hall–Kier alpha value is -2.74. The fraction of sp³-hybridized carbons (Fsp3) is 0.409. The number of nitrogens with zero attached hydrogens (tertiary/aromatic N) is 2. The van der Waals surface area contributed by atoms with Gasteiger partial charge in [0.1, 0.15) is 22.3 Å². The SMILES string of the molecule is CCc1cc2c(NCc3ccc(F)cc3)nc(C3CCCCC3)nc2s1.O=C(O)O. The number of carbonyl (C=O) groups is 1. The van der Waals surface area contributed by atoms with E-state index in [4.69, 9.17) is 25.0 Å². The van der Waals surface area contributed by atoms with Crippen LogP contribution in [0.1, 0.15) is 61.2 Å². The normalized spacial score (nSPS) is 14.2. The molecule has 0 saturated heterocycles. The Bertz CT molecular complexity index is 981. The molecule has 0 spiro atoms. The van der Waals surface area contributed by atoms with Crippen molar-refractivity contribution >= 4 is 33.5 Å². The summed E-state index contributed by atoms with van der Waals surface area (Å²) in [5.41, 5.74) is 1.04. The average Bonchev–Trinajstić information content (AvgIpc) is 3.17. The van der Waals surface area contributed by atoms with Crippen molar-refractivity contribution in [1.82, 2.24) is 9.97 Å². The molecule has 0 unspecified atom stereocenters. The van der Waals surface area contributed by atoms with E-state index in [-0.39, 0.29) is 5.82 Å². The maximum absolute atomic E-state index is 13.1. The van der Waals surface area contributed by atoms with Crippen LogP contribution in [0.4, 0.5) is 15.0 Å². The number of nitrogens with one attached hydrogen (secondary N) is 1. The first-order valence-corrected chi connectivity index (χ1v) is 11.0. The highest BCUT2D eigenvalue weighted by Gasteiger charge is 2.21. The quantitative estimate of drug-likeness (QED) is 0.440. The summed E-state index contributed by atoms with van der Waals surface area (Å²) in [7, 11) is 0. The van der Waals surface area contributed by atoms with Gasteiger partial charge in [-0.25, -0.2) is 19.2 Å². The molecule has 4 rings (SSSR count). The van der Waals surface area contributed by atoms with Crippen molar-refractivity contribution in [3.63, 3.8) is 0 Å². The Morgan fingerprint density at radius 2 is 1.83 bits per heavy atom. The number of hydrogen-bond donors (Lipinski definition) is 3. The van der Waals surface area contributed by atoms with Gasteiger partial charge in [-0.3, -0.25) is 0 Å². The minimum atomic E-state index is -1.83. The van der Waals surface area contributed by atoms with E-state index in [1.54, 1.807) is 11.3 Å². The highest BCUT2D eigenvalue weighted by molar-refractivity contribution is 7.18. The molecule has 2 aromatic heterocycles. The Labute approximate surface area is 178 Å². The molecule has 1 saturated carbocycles. The zero-order valence-electron chi connectivity index (χ0n) is 16.9. The molecule has 1 aromatic carbocycles. The Morgan fingerprint density at radius 1 is 1.17 bits per heavy atom. The molecular weight excluding hydrogens is 405 g/mol. The maximum Gasteiger partial charge on any atom is 0.503 e. The Balaban J connectivity index is 0.000000589. The van der Waals surface area contributed by atoms with Gasteiger partial charge in [0.2, 0.25) is 0 Å². The van der Waals surface area contributed by atoms with E-state index in [9.17, 15) is 4.39 Å². The van der Waals surface area contributed by atoms with Crippen LogP contribution in [0.15, 0.2) is 30.3 Å². The van der Waals surface area contributed by atoms with Gasteiger partial charge in [0, 0.05) is 17.3 Å². The third kappa shape index (κ3) is 5.89. The van der Waals surface area contributed by atoms with E-state index in [1.807, 2.05) is 12.1 Å². The monoisotopic (exact) mass is 431 g/mol. The molecule has 0 radical (unpaired) electrons. The Morgan fingerprint density at radius 3 is 2.47 bits per heavy atom. The summed E-state index contributed by atoms with van der Waals surface area (Å²) in [4.78, 5) is 20.8. The minimum absolute atomic E-state index is 0.205. The zero-order chi connectivity index (χ0) is 21.5. The summed E-state index contributed by atoms with van der Waals surface area (Å²) >= 11 is 1.77. The van der Waals surface area contributed by atoms with Crippen LogP contribution in [0.5, 0.6) is 0 Å². The number of rotatable bonds is 5. The van der Waals surface area contributed by atoms with Gasteiger partial charge in [-0.2, -0.15) is 0 Å². The Kier molecular flexibility index (Phi) is 7.57. The summed E-state index contributed by atoms with van der Waals surface area (Å²) in [6.07, 6.45) is 5.43. The molecule has 0 aliphatic heterocycles. The van der Waals surface area contributed by atoms with Crippen molar-refractivity contribution < 1.29 is 19.4 Å². The first kappa shape index (κ1) is 22.0. The van der Waals surface area contributed by atoms with Gasteiger partial charge in [-0.05, 0) is 43.0 Å². The molecule has 1 fully saturated rings. The summed E-state index contributed by atoms with van der Waals surface area (Å²) in [6.45, 7) is 2.81. The standard InChI is InChI=1S/C21H24FN3S.CH2O3/c1-2-17-12-18-20(23-13-14-8-10-16(22)11-9-14)24-19(25-21(18)26-17)15-6-4-3-5-7-15;2-1(3)4/h8-12,15H,2-7,13H2,1H3,(H,23,24,25);(H2,2,3,4). The second-order valence-electron chi connectivity index (χ2n) is 7.31. The number of fused-ring (bicyclic) bond motifs is 1. The molecule has 1 aliphatic carbocycles. The number of aromatic nitrogens is 2. The second-order valence-corrected chi connectivity index (χ2v) is 8.43. The first-order chi connectivity index (χ1) is 14.5. The molecule has 160 valence electrons. The molecule has 0 bridgehead atoms. The van der Waals surface area contributed by atoms with Gasteiger partial charge in [0.15, 0.2) is 0 Å². The van der Waals surface area contributed by atoms with Crippen LogP contribution in [0.3, 0.4) is 0 Å². The molecule has 0 atom stereocenters. The lowest BCUT2D eigenvalue weighted by molar-refractivity contribution is 0.137.